The summed E-state index contributed by atoms with van der Waals surface area (Å²) < 4.78 is 0. The Kier molecular flexibility index (Phi) is 4.52. The fourth-order valence-corrected chi connectivity index (χ4v) is 3.40. The van der Waals surface area contributed by atoms with E-state index in [1.54, 1.807) is 0 Å². The summed E-state index contributed by atoms with van der Waals surface area (Å²) in [6.45, 7) is 3.49. The van der Waals surface area contributed by atoms with Crippen molar-refractivity contribution in [3.8, 4) is 11.3 Å². The van der Waals surface area contributed by atoms with E-state index < -0.39 is 0 Å². The number of amides is 1. The first-order chi connectivity index (χ1) is 12.7. The number of aromatic nitrogens is 2. The molecular formula is C21H22N4O. The summed E-state index contributed by atoms with van der Waals surface area (Å²) in [5.41, 5.74) is 2.00. The van der Waals surface area contributed by atoms with Gasteiger partial charge in [0.15, 0.2) is 0 Å². The van der Waals surface area contributed by atoms with E-state index in [0.29, 0.717) is 6.42 Å². The van der Waals surface area contributed by atoms with Gasteiger partial charge in [-0.15, -0.1) is 0 Å². The third-order valence-electron chi connectivity index (χ3n) is 4.85. The fourth-order valence-electron chi connectivity index (χ4n) is 3.40. The highest BCUT2D eigenvalue weighted by Gasteiger charge is 2.25. The Hall–Kier alpha value is -2.95. The zero-order valence-corrected chi connectivity index (χ0v) is 14.9. The maximum atomic E-state index is 11.6. The molecule has 1 aromatic heterocycles. The van der Waals surface area contributed by atoms with E-state index in [9.17, 15) is 4.79 Å². The van der Waals surface area contributed by atoms with Gasteiger partial charge in [0.1, 0.15) is 0 Å². The minimum atomic E-state index is 0.0997. The lowest BCUT2D eigenvalue weighted by Crippen LogP contribution is -2.36. The molecule has 2 aromatic carbocycles. The first-order valence-corrected chi connectivity index (χ1v) is 9.09. The van der Waals surface area contributed by atoms with E-state index in [4.69, 9.17) is 4.98 Å². The number of fused-ring (bicyclic) bond motifs is 1. The van der Waals surface area contributed by atoms with Crippen molar-refractivity contribution >= 4 is 22.6 Å². The Morgan fingerprint density at radius 2 is 2.04 bits per heavy atom. The second-order valence-corrected chi connectivity index (χ2v) is 6.66. The van der Waals surface area contributed by atoms with Crippen molar-refractivity contribution in [1.82, 2.24) is 15.3 Å². The third kappa shape index (κ3) is 3.38. The first kappa shape index (κ1) is 16.5. The minimum Gasteiger partial charge on any atom is -0.352 e. The standard InChI is InChI=1S/C21H22N4O/c1-2-20(26)23-18-10-12-25(14-18)21-22-11-9-19(24-21)17-8-7-15-5-3-4-6-16(15)13-17/h3-9,11,13,18H,2,10,12,14H2,1H3,(H,23,26). The van der Waals surface area contributed by atoms with Gasteiger partial charge in [0, 0.05) is 37.3 Å². The van der Waals surface area contributed by atoms with Crippen LogP contribution >= 0.6 is 0 Å². The molecule has 132 valence electrons. The molecule has 5 nitrogen and oxygen atoms in total. The number of nitrogens with one attached hydrogen (secondary N) is 1. The minimum absolute atomic E-state index is 0.0997. The highest BCUT2D eigenvalue weighted by molar-refractivity contribution is 5.86. The van der Waals surface area contributed by atoms with Gasteiger partial charge < -0.3 is 10.2 Å². The predicted molar refractivity (Wildman–Crippen MR) is 104 cm³/mol. The maximum Gasteiger partial charge on any atom is 0.225 e. The second kappa shape index (κ2) is 7.12. The topological polar surface area (TPSA) is 58.1 Å². The molecule has 1 aliphatic rings. The van der Waals surface area contributed by atoms with E-state index in [2.05, 4.69) is 45.5 Å². The zero-order valence-electron chi connectivity index (χ0n) is 14.9. The van der Waals surface area contributed by atoms with Crippen LogP contribution in [-0.2, 0) is 4.79 Å². The van der Waals surface area contributed by atoms with Crippen molar-refractivity contribution in [2.75, 3.05) is 18.0 Å². The molecule has 0 radical (unpaired) electrons. The van der Waals surface area contributed by atoms with Crippen LogP contribution in [0, 0.1) is 0 Å². The number of anilines is 1. The molecule has 3 aromatic rings. The summed E-state index contributed by atoms with van der Waals surface area (Å²) >= 11 is 0. The third-order valence-corrected chi connectivity index (χ3v) is 4.85. The molecule has 5 heteroatoms. The Bertz CT molecular complexity index is 940. The Balaban J connectivity index is 1.56. The second-order valence-electron chi connectivity index (χ2n) is 6.66. The first-order valence-electron chi connectivity index (χ1n) is 9.09. The molecule has 1 fully saturated rings. The van der Waals surface area contributed by atoms with Gasteiger partial charge in [-0.1, -0.05) is 43.3 Å². The molecular weight excluding hydrogens is 324 g/mol. The summed E-state index contributed by atoms with van der Waals surface area (Å²) in [5, 5.41) is 5.48. The van der Waals surface area contributed by atoms with Gasteiger partial charge in [-0.25, -0.2) is 9.97 Å². The van der Waals surface area contributed by atoms with Crippen LogP contribution in [0.1, 0.15) is 19.8 Å². The lowest BCUT2D eigenvalue weighted by atomic mass is 10.1. The average molecular weight is 346 g/mol. The Morgan fingerprint density at radius 1 is 1.19 bits per heavy atom. The molecule has 1 atom stereocenters. The molecule has 1 saturated heterocycles. The lowest BCUT2D eigenvalue weighted by molar-refractivity contribution is -0.121. The van der Waals surface area contributed by atoms with E-state index in [-0.39, 0.29) is 11.9 Å². The molecule has 0 bridgehead atoms. The molecule has 0 saturated carbocycles. The highest BCUT2D eigenvalue weighted by Crippen LogP contribution is 2.25. The molecule has 26 heavy (non-hydrogen) atoms. The van der Waals surface area contributed by atoms with Crippen molar-refractivity contribution in [2.24, 2.45) is 0 Å². The number of carbonyl (C=O) groups is 1. The van der Waals surface area contributed by atoms with Gasteiger partial charge in [-0.3, -0.25) is 4.79 Å². The van der Waals surface area contributed by atoms with E-state index in [0.717, 1.165) is 36.7 Å². The van der Waals surface area contributed by atoms with Gasteiger partial charge >= 0.3 is 0 Å². The lowest BCUT2D eigenvalue weighted by Gasteiger charge is -2.17. The van der Waals surface area contributed by atoms with Gasteiger partial charge in [0.2, 0.25) is 11.9 Å². The molecule has 1 unspecified atom stereocenters. The molecule has 4 rings (SSSR count). The van der Waals surface area contributed by atoms with Crippen LogP contribution in [0.4, 0.5) is 5.95 Å². The average Bonchev–Trinajstić information content (AvgIpc) is 3.16. The van der Waals surface area contributed by atoms with Gasteiger partial charge in [0.25, 0.3) is 0 Å². The SMILES string of the molecule is CCC(=O)NC1CCN(c2nccc(-c3ccc4ccccc4c3)n2)C1. The molecule has 0 aliphatic carbocycles. The Morgan fingerprint density at radius 3 is 2.88 bits per heavy atom. The molecule has 0 spiro atoms. The van der Waals surface area contributed by atoms with E-state index in [1.807, 2.05) is 31.3 Å². The number of hydrogen-bond acceptors (Lipinski definition) is 4. The van der Waals surface area contributed by atoms with Gasteiger partial charge in [-0.05, 0) is 29.3 Å². The number of nitrogens with zero attached hydrogens (tertiary/aromatic N) is 3. The van der Waals surface area contributed by atoms with Crippen molar-refractivity contribution in [1.29, 1.82) is 0 Å². The Labute approximate surface area is 153 Å². The number of rotatable bonds is 4. The quantitative estimate of drug-likeness (QED) is 0.787. The van der Waals surface area contributed by atoms with Crippen LogP contribution in [0.2, 0.25) is 0 Å². The molecule has 1 N–H and O–H groups in total. The van der Waals surface area contributed by atoms with Crippen molar-refractivity contribution in [3.63, 3.8) is 0 Å². The van der Waals surface area contributed by atoms with Crippen LogP contribution in [0.15, 0.2) is 54.7 Å². The van der Waals surface area contributed by atoms with Crippen LogP contribution in [0.25, 0.3) is 22.0 Å². The molecule has 1 aliphatic heterocycles. The van der Waals surface area contributed by atoms with Gasteiger partial charge in [0.05, 0.1) is 5.69 Å². The maximum absolute atomic E-state index is 11.6. The smallest absolute Gasteiger partial charge is 0.225 e. The predicted octanol–water partition coefficient (Wildman–Crippen LogP) is 3.40. The van der Waals surface area contributed by atoms with Crippen LogP contribution in [0.5, 0.6) is 0 Å². The molecule has 1 amide bonds. The van der Waals surface area contributed by atoms with E-state index in [1.165, 1.54) is 10.8 Å². The van der Waals surface area contributed by atoms with Crippen LogP contribution < -0.4 is 10.2 Å². The van der Waals surface area contributed by atoms with Crippen LogP contribution in [-0.4, -0.2) is 35.0 Å². The summed E-state index contributed by atoms with van der Waals surface area (Å²) in [5.74, 6) is 0.826. The molecule has 2 heterocycles. The number of benzene rings is 2. The highest BCUT2D eigenvalue weighted by atomic mass is 16.1. The summed E-state index contributed by atoms with van der Waals surface area (Å²) in [6, 6.07) is 16.8. The summed E-state index contributed by atoms with van der Waals surface area (Å²) in [6.07, 6.45) is 3.25. The number of hydrogen-bond donors (Lipinski definition) is 1. The van der Waals surface area contributed by atoms with Gasteiger partial charge in [-0.2, -0.15) is 0 Å². The summed E-state index contributed by atoms with van der Waals surface area (Å²) in [7, 11) is 0. The van der Waals surface area contributed by atoms with Crippen molar-refractivity contribution < 1.29 is 4.79 Å². The fraction of sp³-hybridized carbons (Fsp3) is 0.286. The summed E-state index contributed by atoms with van der Waals surface area (Å²) in [4.78, 5) is 23.0. The van der Waals surface area contributed by atoms with Crippen molar-refractivity contribution in [2.45, 2.75) is 25.8 Å². The van der Waals surface area contributed by atoms with Crippen LogP contribution in [0.3, 0.4) is 0 Å². The largest absolute Gasteiger partial charge is 0.352 e. The zero-order chi connectivity index (χ0) is 17.9. The number of carbonyl (C=O) groups excluding carboxylic acids is 1. The normalized spacial score (nSPS) is 16.8. The monoisotopic (exact) mass is 346 g/mol. The van der Waals surface area contributed by atoms with E-state index >= 15 is 0 Å². The van der Waals surface area contributed by atoms with Crippen molar-refractivity contribution in [3.05, 3.63) is 54.7 Å².